The van der Waals surface area contributed by atoms with Gasteiger partial charge in [-0.05, 0) is 37.4 Å². The van der Waals surface area contributed by atoms with Gasteiger partial charge in [-0.3, -0.25) is 4.99 Å². The summed E-state index contributed by atoms with van der Waals surface area (Å²) in [5.41, 5.74) is 0.573. The molecule has 0 aromatic carbocycles. The van der Waals surface area contributed by atoms with E-state index in [-0.39, 0.29) is 0 Å². The van der Waals surface area contributed by atoms with E-state index in [9.17, 15) is 0 Å². The second kappa shape index (κ2) is 5.28. The van der Waals surface area contributed by atoms with E-state index in [0.29, 0.717) is 10.2 Å². The van der Waals surface area contributed by atoms with Crippen LogP contribution in [0.5, 0.6) is 0 Å². The van der Waals surface area contributed by atoms with Crippen LogP contribution in [0.25, 0.3) is 0 Å². The lowest BCUT2D eigenvalue weighted by Gasteiger charge is -2.41. The van der Waals surface area contributed by atoms with Gasteiger partial charge in [0.05, 0.1) is 0 Å². The Balaban J connectivity index is 1.51. The van der Waals surface area contributed by atoms with Crippen LogP contribution in [0.1, 0.15) is 44.9 Å². The molecule has 0 aromatic rings. The normalized spacial score (nSPS) is 28.8. The summed E-state index contributed by atoms with van der Waals surface area (Å²) in [5.74, 6) is 1.30. The zero-order valence-corrected chi connectivity index (χ0v) is 13.0. The van der Waals surface area contributed by atoms with Crippen molar-refractivity contribution < 1.29 is 0 Å². The Morgan fingerprint density at radius 1 is 1.22 bits per heavy atom. The molecule has 0 bridgehead atoms. The fraction of sp³-hybridized carbons (Fsp3) is 0.929. The molecule has 0 atom stereocenters. The monoisotopic (exact) mass is 284 g/mol. The van der Waals surface area contributed by atoms with E-state index >= 15 is 0 Å². The number of nitrogens with zero attached hydrogens (tertiary/aromatic N) is 1. The smallest absolute Gasteiger partial charge is 0.156 e. The van der Waals surface area contributed by atoms with Gasteiger partial charge in [0.15, 0.2) is 5.17 Å². The predicted octanol–water partition coefficient (Wildman–Crippen LogP) is 3.52. The van der Waals surface area contributed by atoms with Crippen LogP contribution in [0.3, 0.4) is 0 Å². The van der Waals surface area contributed by atoms with Gasteiger partial charge in [0.2, 0.25) is 0 Å². The van der Waals surface area contributed by atoms with E-state index in [0.717, 1.165) is 13.1 Å². The maximum Gasteiger partial charge on any atom is 0.156 e. The standard InChI is InChI=1S/C14H24N2S2/c1-17-14(7-4-8-14)10-16-12-15-9-13(11-18-12)5-2-3-6-13/h2-11H2,1H3,(H,15,16). The van der Waals surface area contributed by atoms with Crippen molar-refractivity contribution in [3.05, 3.63) is 0 Å². The Hall–Kier alpha value is 0.170. The van der Waals surface area contributed by atoms with E-state index in [1.807, 2.05) is 23.5 Å². The summed E-state index contributed by atoms with van der Waals surface area (Å²) in [7, 11) is 0. The van der Waals surface area contributed by atoms with Crippen LogP contribution >= 0.6 is 23.5 Å². The topological polar surface area (TPSA) is 24.4 Å². The molecule has 2 aliphatic carbocycles. The molecular formula is C14H24N2S2. The van der Waals surface area contributed by atoms with Crippen LogP contribution in [0.2, 0.25) is 0 Å². The van der Waals surface area contributed by atoms with Crippen molar-refractivity contribution in [3.63, 3.8) is 0 Å². The highest BCUT2D eigenvalue weighted by Crippen LogP contribution is 2.44. The first-order chi connectivity index (χ1) is 8.76. The third-order valence-corrected chi connectivity index (χ3v) is 7.72. The third-order valence-electron chi connectivity index (χ3n) is 5.00. The van der Waals surface area contributed by atoms with E-state index in [1.54, 1.807) is 0 Å². The van der Waals surface area contributed by atoms with Crippen molar-refractivity contribution in [3.8, 4) is 0 Å². The van der Waals surface area contributed by atoms with Gasteiger partial charge in [-0.25, -0.2) is 0 Å². The van der Waals surface area contributed by atoms with E-state index in [4.69, 9.17) is 4.99 Å². The number of nitrogens with one attached hydrogen (secondary N) is 1. The van der Waals surface area contributed by atoms with Gasteiger partial charge in [0, 0.05) is 23.6 Å². The molecular weight excluding hydrogens is 260 g/mol. The Bertz CT molecular complexity index is 325. The number of amidine groups is 1. The highest BCUT2D eigenvalue weighted by molar-refractivity contribution is 8.13. The van der Waals surface area contributed by atoms with Crippen molar-refractivity contribution in [2.45, 2.75) is 49.7 Å². The minimum atomic E-state index is 0.519. The van der Waals surface area contributed by atoms with Crippen LogP contribution < -0.4 is 5.32 Å². The second-order valence-electron chi connectivity index (χ2n) is 6.21. The van der Waals surface area contributed by atoms with E-state index in [1.165, 1.54) is 55.9 Å². The molecule has 18 heavy (non-hydrogen) atoms. The molecule has 1 heterocycles. The van der Waals surface area contributed by atoms with Crippen molar-refractivity contribution >= 4 is 28.7 Å². The quantitative estimate of drug-likeness (QED) is 0.858. The fourth-order valence-corrected chi connectivity index (χ4v) is 5.41. The number of aliphatic imine (C=N–C) groups is 1. The molecule has 0 aromatic heterocycles. The van der Waals surface area contributed by atoms with Gasteiger partial charge >= 0.3 is 0 Å². The van der Waals surface area contributed by atoms with E-state index in [2.05, 4.69) is 11.6 Å². The second-order valence-corrected chi connectivity index (χ2v) is 8.45. The lowest BCUT2D eigenvalue weighted by atomic mass is 9.84. The van der Waals surface area contributed by atoms with Gasteiger partial charge in [0.1, 0.15) is 0 Å². The molecule has 2 saturated carbocycles. The maximum absolute atomic E-state index is 4.82. The highest BCUT2D eigenvalue weighted by atomic mass is 32.2. The van der Waals surface area contributed by atoms with Crippen LogP contribution in [-0.2, 0) is 0 Å². The molecule has 4 heteroatoms. The molecule has 0 saturated heterocycles. The Morgan fingerprint density at radius 2 is 2.00 bits per heavy atom. The Labute approximate surface area is 119 Å². The van der Waals surface area contributed by atoms with E-state index < -0.39 is 0 Å². The summed E-state index contributed by atoms with van der Waals surface area (Å²) < 4.78 is 0.519. The Kier molecular flexibility index (Phi) is 3.86. The molecule has 3 aliphatic rings. The number of rotatable bonds is 3. The number of thioether (sulfide) groups is 2. The average molecular weight is 284 g/mol. The summed E-state index contributed by atoms with van der Waals surface area (Å²) >= 11 is 4.01. The molecule has 1 N–H and O–H groups in total. The van der Waals surface area contributed by atoms with Crippen molar-refractivity contribution in [1.29, 1.82) is 0 Å². The fourth-order valence-electron chi connectivity index (χ4n) is 3.35. The Morgan fingerprint density at radius 3 is 2.50 bits per heavy atom. The van der Waals surface area contributed by atoms with Crippen molar-refractivity contribution in [2.24, 2.45) is 10.4 Å². The maximum atomic E-state index is 4.82. The lowest BCUT2D eigenvalue weighted by Crippen LogP contribution is -2.45. The molecule has 0 amide bonds. The van der Waals surface area contributed by atoms with Crippen LogP contribution in [0.15, 0.2) is 4.99 Å². The molecule has 1 aliphatic heterocycles. The van der Waals surface area contributed by atoms with Crippen LogP contribution in [0.4, 0.5) is 0 Å². The van der Waals surface area contributed by atoms with Crippen LogP contribution in [0, 0.1) is 5.41 Å². The molecule has 2 nitrogen and oxygen atoms in total. The SMILES string of the molecule is CSC1(CNC2=NCC3(CCCC3)CS2)CCC1. The zero-order valence-electron chi connectivity index (χ0n) is 11.3. The van der Waals surface area contributed by atoms with Gasteiger partial charge < -0.3 is 5.32 Å². The average Bonchev–Trinajstić information content (AvgIpc) is 2.80. The first-order valence-electron chi connectivity index (χ1n) is 7.22. The van der Waals surface area contributed by atoms with Crippen molar-refractivity contribution in [1.82, 2.24) is 5.32 Å². The predicted molar refractivity (Wildman–Crippen MR) is 83.8 cm³/mol. The molecule has 2 fully saturated rings. The van der Waals surface area contributed by atoms with Crippen LogP contribution in [-0.4, -0.2) is 35.0 Å². The summed E-state index contributed by atoms with van der Waals surface area (Å²) in [4.78, 5) is 4.82. The van der Waals surface area contributed by atoms with Gasteiger partial charge in [-0.1, -0.05) is 31.0 Å². The van der Waals surface area contributed by atoms with Gasteiger partial charge in [-0.2, -0.15) is 11.8 Å². The molecule has 102 valence electrons. The highest BCUT2D eigenvalue weighted by Gasteiger charge is 2.38. The third kappa shape index (κ3) is 2.55. The largest absolute Gasteiger partial charge is 0.364 e. The number of hydrogen-bond acceptors (Lipinski definition) is 4. The summed E-state index contributed by atoms with van der Waals surface area (Å²) in [6.45, 7) is 2.20. The number of hydrogen-bond donors (Lipinski definition) is 1. The summed E-state index contributed by atoms with van der Waals surface area (Å²) in [6.07, 6.45) is 12.1. The lowest BCUT2D eigenvalue weighted by molar-refractivity contribution is 0.353. The minimum Gasteiger partial charge on any atom is -0.364 e. The molecule has 0 unspecified atom stereocenters. The van der Waals surface area contributed by atoms with Gasteiger partial charge in [0.25, 0.3) is 0 Å². The molecule has 1 spiro atoms. The van der Waals surface area contributed by atoms with Gasteiger partial charge in [-0.15, -0.1) is 0 Å². The molecule has 0 radical (unpaired) electrons. The molecule has 3 rings (SSSR count). The summed E-state index contributed by atoms with van der Waals surface area (Å²) in [6, 6.07) is 0. The first kappa shape index (κ1) is 13.2. The zero-order chi connectivity index (χ0) is 12.5. The summed E-state index contributed by atoms with van der Waals surface area (Å²) in [5, 5.41) is 4.83. The van der Waals surface area contributed by atoms with Crippen molar-refractivity contribution in [2.75, 3.05) is 25.1 Å². The first-order valence-corrected chi connectivity index (χ1v) is 9.43. The minimum absolute atomic E-state index is 0.519.